The maximum Gasteiger partial charge on any atom is 0.272 e. The third-order valence-electron chi connectivity index (χ3n) is 6.27. The highest BCUT2D eigenvalue weighted by Gasteiger charge is 2.23. The minimum atomic E-state index is -0.151. The van der Waals surface area contributed by atoms with Crippen molar-refractivity contribution in [2.45, 2.75) is 26.3 Å². The highest BCUT2D eigenvalue weighted by Crippen LogP contribution is 2.27. The Morgan fingerprint density at radius 2 is 1.74 bits per heavy atom. The molecule has 2 aliphatic rings. The number of carbonyl (C=O) groups is 1. The number of morpholine rings is 1. The van der Waals surface area contributed by atoms with Gasteiger partial charge in [0.05, 0.1) is 13.2 Å². The van der Waals surface area contributed by atoms with Crippen LogP contribution < -0.4 is 10.2 Å². The molecule has 0 radical (unpaired) electrons. The molecule has 1 N–H and O–H groups in total. The van der Waals surface area contributed by atoms with Crippen LogP contribution in [-0.2, 0) is 4.74 Å². The van der Waals surface area contributed by atoms with Crippen LogP contribution in [0.5, 0.6) is 0 Å². The molecule has 4 rings (SSSR count). The first-order chi connectivity index (χ1) is 15.1. The Balaban J connectivity index is 1.41. The zero-order valence-corrected chi connectivity index (χ0v) is 18.7. The molecule has 2 fully saturated rings. The first kappa shape index (κ1) is 21.9. The van der Waals surface area contributed by atoms with Crippen molar-refractivity contribution in [2.24, 2.45) is 0 Å². The quantitative estimate of drug-likeness (QED) is 0.675. The lowest BCUT2D eigenvalue weighted by molar-refractivity contribution is 0.0374. The van der Waals surface area contributed by atoms with Gasteiger partial charge in [-0.15, -0.1) is 10.2 Å². The summed E-state index contributed by atoms with van der Waals surface area (Å²) in [6.45, 7) is 13.5. The van der Waals surface area contributed by atoms with Crippen LogP contribution >= 0.6 is 0 Å². The molecule has 0 aliphatic carbocycles. The van der Waals surface area contributed by atoms with Gasteiger partial charge in [-0.25, -0.2) is 0 Å². The first-order valence-corrected chi connectivity index (χ1v) is 11.5. The summed E-state index contributed by atoms with van der Waals surface area (Å²) in [5.74, 6) is 0.727. The largest absolute Gasteiger partial charge is 0.379 e. The van der Waals surface area contributed by atoms with Crippen molar-refractivity contribution in [3.05, 3.63) is 30.0 Å². The summed E-state index contributed by atoms with van der Waals surface area (Å²) in [5, 5.41) is 13.7. The number of aromatic nitrogens is 2. The number of hydrogen-bond donors (Lipinski definition) is 1. The van der Waals surface area contributed by atoms with Gasteiger partial charge in [-0.2, -0.15) is 0 Å². The molecule has 0 bridgehead atoms. The number of anilines is 1. The Morgan fingerprint density at radius 3 is 2.45 bits per heavy atom. The van der Waals surface area contributed by atoms with Crippen LogP contribution in [0.15, 0.2) is 24.3 Å². The highest BCUT2D eigenvalue weighted by atomic mass is 16.5. The molecule has 1 aromatic carbocycles. The second kappa shape index (κ2) is 10.3. The van der Waals surface area contributed by atoms with Gasteiger partial charge in [0.15, 0.2) is 11.5 Å². The van der Waals surface area contributed by atoms with Crippen molar-refractivity contribution in [1.82, 2.24) is 25.3 Å². The van der Waals surface area contributed by atoms with Gasteiger partial charge in [0.2, 0.25) is 0 Å². The van der Waals surface area contributed by atoms with Crippen molar-refractivity contribution in [2.75, 3.05) is 70.5 Å². The lowest BCUT2D eigenvalue weighted by Gasteiger charge is -2.37. The lowest BCUT2D eigenvalue weighted by Crippen LogP contribution is -2.49. The second-order valence-electron chi connectivity index (χ2n) is 8.60. The average Bonchev–Trinajstić information content (AvgIpc) is 2.81. The predicted octanol–water partition coefficient (Wildman–Crippen LogP) is 1.61. The number of ether oxygens (including phenoxy) is 1. The number of rotatable bonds is 7. The van der Waals surface area contributed by atoms with E-state index in [4.69, 9.17) is 4.74 Å². The van der Waals surface area contributed by atoms with Gasteiger partial charge in [0, 0.05) is 62.6 Å². The zero-order chi connectivity index (χ0) is 21.6. The highest BCUT2D eigenvalue weighted by molar-refractivity contribution is 6.07. The molecule has 168 valence electrons. The molecule has 8 heteroatoms. The standard InChI is InChI=1S/C23H34N6O2/c1-18(2)28-10-12-29(13-11-28)22-20-7-4-3-6-19(20)21(25-26-22)23(30)24-8-5-9-27-14-16-31-17-15-27/h3-4,6-7,18H,5,8-17H2,1-2H3,(H,24,30). The Kier molecular flexibility index (Phi) is 7.32. The van der Waals surface area contributed by atoms with E-state index in [2.05, 4.69) is 44.1 Å². The summed E-state index contributed by atoms with van der Waals surface area (Å²) in [4.78, 5) is 20.0. The molecule has 3 heterocycles. The summed E-state index contributed by atoms with van der Waals surface area (Å²) in [7, 11) is 0. The molecule has 0 saturated carbocycles. The summed E-state index contributed by atoms with van der Waals surface area (Å²) in [6, 6.07) is 8.53. The number of fused-ring (bicyclic) bond motifs is 1. The van der Waals surface area contributed by atoms with Gasteiger partial charge in [-0.1, -0.05) is 24.3 Å². The minimum absolute atomic E-state index is 0.151. The van der Waals surface area contributed by atoms with E-state index in [1.807, 2.05) is 24.3 Å². The number of hydrogen-bond acceptors (Lipinski definition) is 7. The lowest BCUT2D eigenvalue weighted by atomic mass is 10.1. The summed E-state index contributed by atoms with van der Waals surface area (Å²) in [5.41, 5.74) is 0.409. The third kappa shape index (κ3) is 5.31. The molecule has 2 aromatic rings. The molecule has 2 aliphatic heterocycles. The number of nitrogens with one attached hydrogen (secondary N) is 1. The van der Waals surface area contributed by atoms with Crippen LogP contribution in [0.3, 0.4) is 0 Å². The van der Waals surface area contributed by atoms with Gasteiger partial charge in [0.1, 0.15) is 0 Å². The molecule has 1 aromatic heterocycles. The van der Waals surface area contributed by atoms with Crippen LogP contribution in [0, 0.1) is 0 Å². The summed E-state index contributed by atoms with van der Waals surface area (Å²) >= 11 is 0. The fourth-order valence-electron chi connectivity index (χ4n) is 4.35. The number of amides is 1. The summed E-state index contributed by atoms with van der Waals surface area (Å²) in [6.07, 6.45) is 0.912. The molecular weight excluding hydrogens is 392 g/mol. The molecule has 0 atom stereocenters. The third-order valence-corrected chi connectivity index (χ3v) is 6.27. The number of piperazine rings is 1. The van der Waals surface area contributed by atoms with Crippen LogP contribution in [0.1, 0.15) is 30.8 Å². The predicted molar refractivity (Wildman–Crippen MR) is 123 cm³/mol. The van der Waals surface area contributed by atoms with Crippen LogP contribution in [0.2, 0.25) is 0 Å². The monoisotopic (exact) mass is 426 g/mol. The molecular formula is C23H34N6O2. The molecule has 8 nitrogen and oxygen atoms in total. The van der Waals surface area contributed by atoms with E-state index < -0.39 is 0 Å². The normalized spacial score (nSPS) is 18.6. The van der Waals surface area contributed by atoms with Crippen LogP contribution in [0.4, 0.5) is 5.82 Å². The molecule has 0 unspecified atom stereocenters. The van der Waals surface area contributed by atoms with Crippen molar-refractivity contribution in [1.29, 1.82) is 0 Å². The smallest absolute Gasteiger partial charge is 0.272 e. The number of benzene rings is 1. The Bertz CT molecular complexity index is 875. The van der Waals surface area contributed by atoms with E-state index in [9.17, 15) is 4.79 Å². The Hall–Kier alpha value is -2.29. The van der Waals surface area contributed by atoms with Gasteiger partial charge < -0.3 is 15.0 Å². The van der Waals surface area contributed by atoms with E-state index in [1.54, 1.807) is 0 Å². The summed E-state index contributed by atoms with van der Waals surface area (Å²) < 4.78 is 5.38. The van der Waals surface area contributed by atoms with Crippen molar-refractivity contribution < 1.29 is 9.53 Å². The fraction of sp³-hybridized carbons (Fsp3) is 0.609. The van der Waals surface area contributed by atoms with E-state index in [0.717, 1.165) is 82.0 Å². The van der Waals surface area contributed by atoms with E-state index in [-0.39, 0.29) is 5.91 Å². The Morgan fingerprint density at radius 1 is 1.03 bits per heavy atom. The maximum atomic E-state index is 12.8. The maximum absolute atomic E-state index is 12.8. The van der Waals surface area contributed by atoms with E-state index >= 15 is 0 Å². The minimum Gasteiger partial charge on any atom is -0.379 e. The van der Waals surface area contributed by atoms with Gasteiger partial charge in [0.25, 0.3) is 5.91 Å². The average molecular weight is 427 g/mol. The van der Waals surface area contributed by atoms with Crippen LogP contribution in [0.25, 0.3) is 10.8 Å². The van der Waals surface area contributed by atoms with Crippen molar-refractivity contribution >= 4 is 22.5 Å². The zero-order valence-electron chi connectivity index (χ0n) is 18.7. The van der Waals surface area contributed by atoms with E-state index in [1.165, 1.54) is 0 Å². The SMILES string of the molecule is CC(C)N1CCN(c2nnc(C(=O)NCCCN3CCOCC3)c3ccccc23)CC1. The van der Waals surface area contributed by atoms with Crippen LogP contribution in [-0.4, -0.2) is 97.5 Å². The van der Waals surface area contributed by atoms with Gasteiger partial charge in [-0.05, 0) is 26.8 Å². The van der Waals surface area contributed by atoms with Crippen molar-refractivity contribution in [3.8, 4) is 0 Å². The fourth-order valence-corrected chi connectivity index (χ4v) is 4.35. The Labute approximate surface area is 184 Å². The molecule has 2 saturated heterocycles. The topological polar surface area (TPSA) is 73.8 Å². The van der Waals surface area contributed by atoms with Gasteiger partial charge in [-0.3, -0.25) is 14.6 Å². The first-order valence-electron chi connectivity index (χ1n) is 11.5. The molecule has 0 spiro atoms. The molecule has 31 heavy (non-hydrogen) atoms. The van der Waals surface area contributed by atoms with Crippen molar-refractivity contribution in [3.63, 3.8) is 0 Å². The van der Waals surface area contributed by atoms with Gasteiger partial charge >= 0.3 is 0 Å². The number of carbonyl (C=O) groups excluding carboxylic acids is 1. The number of nitrogens with zero attached hydrogens (tertiary/aromatic N) is 5. The second-order valence-corrected chi connectivity index (χ2v) is 8.60. The molecule has 1 amide bonds. The van der Waals surface area contributed by atoms with E-state index in [0.29, 0.717) is 18.3 Å².